The molecule has 1 atom stereocenters. The van der Waals surface area contributed by atoms with Gasteiger partial charge in [0.15, 0.2) is 0 Å². The highest BCUT2D eigenvalue weighted by atomic mass is 35.5. The fraction of sp³-hybridized carbons (Fsp3) is 0.300. The molecule has 0 aromatic heterocycles. The van der Waals surface area contributed by atoms with Gasteiger partial charge in [0.25, 0.3) is 5.91 Å². The van der Waals surface area contributed by atoms with E-state index in [4.69, 9.17) is 17.3 Å². The van der Waals surface area contributed by atoms with Crippen molar-refractivity contribution in [3.05, 3.63) is 64.4 Å². The van der Waals surface area contributed by atoms with Crippen LogP contribution in [0.5, 0.6) is 0 Å². The lowest BCUT2D eigenvalue weighted by atomic mass is 10.1. The van der Waals surface area contributed by atoms with E-state index in [0.29, 0.717) is 36.9 Å². The number of nitrogens with two attached hydrogens (primary N) is 1. The van der Waals surface area contributed by atoms with Crippen LogP contribution >= 0.6 is 11.6 Å². The van der Waals surface area contributed by atoms with E-state index in [1.807, 2.05) is 12.1 Å². The Bertz CT molecular complexity index is 886. The average molecular weight is 421 g/mol. The number of nitrogens with one attached hydrogen (secondary N) is 1. The van der Waals surface area contributed by atoms with Gasteiger partial charge in [0.05, 0.1) is 18.2 Å². The predicted octanol–water partition coefficient (Wildman–Crippen LogP) is 2.46. The summed E-state index contributed by atoms with van der Waals surface area (Å²) in [5.41, 5.74) is 6.11. The maximum absolute atomic E-state index is 13.6. The van der Waals surface area contributed by atoms with Crippen molar-refractivity contribution in [2.75, 3.05) is 38.1 Å². The lowest BCUT2D eigenvalue weighted by molar-refractivity contribution is 0.0783. The minimum Gasteiger partial charge on any atom is -0.394 e. The Kier molecular flexibility index (Phi) is 6.68. The number of amides is 3. The highest BCUT2D eigenvalue weighted by molar-refractivity contribution is 6.30. The summed E-state index contributed by atoms with van der Waals surface area (Å²) in [4.78, 5) is 27.5. The molecule has 1 aliphatic rings. The number of nitrogens with zero attached hydrogens (tertiary/aromatic N) is 2. The maximum atomic E-state index is 13.6. The fourth-order valence-electron chi connectivity index (χ4n) is 3.35. The van der Waals surface area contributed by atoms with Crippen LogP contribution in [0.25, 0.3) is 0 Å². The molecule has 29 heavy (non-hydrogen) atoms. The smallest absolute Gasteiger partial charge is 0.321 e. The number of benzene rings is 2. The van der Waals surface area contributed by atoms with Crippen molar-refractivity contribution in [2.45, 2.75) is 6.04 Å². The molecule has 1 heterocycles. The van der Waals surface area contributed by atoms with Crippen LogP contribution in [0.1, 0.15) is 22.0 Å². The normalized spacial score (nSPS) is 15.8. The first-order valence-electron chi connectivity index (χ1n) is 9.14. The number of hydrogen-bond donors (Lipinski definition) is 3. The van der Waals surface area contributed by atoms with Gasteiger partial charge < -0.3 is 21.1 Å². The van der Waals surface area contributed by atoms with Crippen molar-refractivity contribution in [3.8, 4) is 0 Å². The van der Waals surface area contributed by atoms with Crippen LogP contribution in [0.4, 0.5) is 14.9 Å². The standard InChI is InChI=1S/C20H22ClFN4O3/c21-14-3-1-13(2-4-14)18(12-27)25-7-9-26(10-8-25)20(29)24-15-5-6-17(22)16(11-15)19(23)28/h1-6,11,18,27H,7-10,12H2,(H2,23,28)(H,24,29). The minimum atomic E-state index is -0.899. The maximum Gasteiger partial charge on any atom is 0.321 e. The van der Waals surface area contributed by atoms with Crippen LogP contribution in [-0.4, -0.2) is 59.6 Å². The van der Waals surface area contributed by atoms with Crippen LogP contribution in [0.15, 0.2) is 42.5 Å². The zero-order chi connectivity index (χ0) is 21.0. The number of hydrogen-bond acceptors (Lipinski definition) is 4. The second-order valence-corrected chi connectivity index (χ2v) is 7.20. The Morgan fingerprint density at radius 3 is 2.38 bits per heavy atom. The summed E-state index contributed by atoms with van der Waals surface area (Å²) in [6.45, 7) is 2.04. The van der Waals surface area contributed by atoms with E-state index >= 15 is 0 Å². The third-order valence-electron chi connectivity index (χ3n) is 4.95. The second kappa shape index (κ2) is 9.21. The van der Waals surface area contributed by atoms with Crippen molar-refractivity contribution in [1.82, 2.24) is 9.80 Å². The third kappa shape index (κ3) is 5.03. The lowest BCUT2D eigenvalue weighted by Crippen LogP contribution is -2.51. The summed E-state index contributed by atoms with van der Waals surface area (Å²) in [7, 11) is 0. The highest BCUT2D eigenvalue weighted by Crippen LogP contribution is 2.24. The molecule has 1 unspecified atom stereocenters. The SMILES string of the molecule is NC(=O)c1cc(NC(=O)N2CCN(C(CO)c3ccc(Cl)cc3)CC2)ccc1F. The minimum absolute atomic E-state index is 0.0424. The van der Waals surface area contributed by atoms with Gasteiger partial charge in [0, 0.05) is 36.9 Å². The van der Waals surface area contributed by atoms with Gasteiger partial charge in [-0.2, -0.15) is 0 Å². The number of urea groups is 1. The molecule has 1 aliphatic heterocycles. The second-order valence-electron chi connectivity index (χ2n) is 6.76. The van der Waals surface area contributed by atoms with Gasteiger partial charge in [-0.1, -0.05) is 23.7 Å². The summed E-state index contributed by atoms with van der Waals surface area (Å²) in [6.07, 6.45) is 0. The monoisotopic (exact) mass is 420 g/mol. The summed E-state index contributed by atoms with van der Waals surface area (Å²) >= 11 is 5.93. The highest BCUT2D eigenvalue weighted by Gasteiger charge is 2.27. The first kappa shape index (κ1) is 21.0. The number of piperazine rings is 1. The number of aliphatic hydroxyl groups is 1. The molecule has 3 amide bonds. The van der Waals surface area contributed by atoms with Gasteiger partial charge in [-0.15, -0.1) is 0 Å². The summed E-state index contributed by atoms with van der Waals surface area (Å²) < 4.78 is 13.6. The van der Waals surface area contributed by atoms with Crippen LogP contribution in [0, 0.1) is 5.82 Å². The van der Waals surface area contributed by atoms with Crippen molar-refractivity contribution in [2.24, 2.45) is 5.73 Å². The summed E-state index contributed by atoms with van der Waals surface area (Å²) in [5, 5.41) is 13.1. The molecule has 154 valence electrons. The lowest BCUT2D eigenvalue weighted by Gasteiger charge is -2.38. The number of carbonyl (C=O) groups is 2. The topological polar surface area (TPSA) is 98.9 Å². The molecule has 0 saturated carbocycles. The molecule has 1 fully saturated rings. The predicted molar refractivity (Wildman–Crippen MR) is 108 cm³/mol. The zero-order valence-electron chi connectivity index (χ0n) is 15.6. The van der Waals surface area contributed by atoms with Crippen LogP contribution in [-0.2, 0) is 0 Å². The van der Waals surface area contributed by atoms with Gasteiger partial charge in [-0.05, 0) is 35.9 Å². The molecule has 2 aromatic carbocycles. The molecule has 3 rings (SSSR count). The first-order chi connectivity index (χ1) is 13.9. The van der Waals surface area contributed by atoms with E-state index < -0.39 is 11.7 Å². The summed E-state index contributed by atoms with van der Waals surface area (Å²) in [6, 6.07) is 10.5. The van der Waals surface area contributed by atoms with Crippen LogP contribution in [0.2, 0.25) is 5.02 Å². The van der Waals surface area contributed by atoms with Gasteiger partial charge in [-0.25, -0.2) is 9.18 Å². The third-order valence-corrected chi connectivity index (χ3v) is 5.21. The molecule has 4 N–H and O–H groups in total. The van der Waals surface area contributed by atoms with Crippen molar-refractivity contribution < 1.29 is 19.1 Å². The summed E-state index contributed by atoms with van der Waals surface area (Å²) in [5.74, 6) is -1.63. The number of halogens is 2. The van der Waals surface area contributed by atoms with Gasteiger partial charge in [-0.3, -0.25) is 9.69 Å². The molecule has 9 heteroatoms. The Labute approximate surface area is 172 Å². The van der Waals surface area contributed by atoms with E-state index in [1.165, 1.54) is 12.1 Å². The molecule has 0 aliphatic carbocycles. The van der Waals surface area contributed by atoms with E-state index in [2.05, 4.69) is 10.2 Å². The fourth-order valence-corrected chi connectivity index (χ4v) is 3.47. The Morgan fingerprint density at radius 1 is 1.14 bits per heavy atom. The van der Waals surface area contributed by atoms with E-state index in [-0.39, 0.29) is 24.2 Å². The molecule has 2 aromatic rings. The first-order valence-corrected chi connectivity index (χ1v) is 9.52. The molecule has 7 nitrogen and oxygen atoms in total. The quantitative estimate of drug-likeness (QED) is 0.691. The molecule has 0 radical (unpaired) electrons. The number of rotatable bonds is 5. The number of primary amides is 1. The number of anilines is 1. The van der Waals surface area contributed by atoms with E-state index in [0.717, 1.165) is 11.6 Å². The Balaban J connectivity index is 1.60. The van der Waals surface area contributed by atoms with Crippen LogP contribution < -0.4 is 11.1 Å². The van der Waals surface area contributed by atoms with Crippen molar-refractivity contribution >= 4 is 29.2 Å². The largest absolute Gasteiger partial charge is 0.394 e. The number of aliphatic hydroxyl groups excluding tert-OH is 1. The zero-order valence-corrected chi connectivity index (χ0v) is 16.4. The van der Waals surface area contributed by atoms with Gasteiger partial charge in [0.2, 0.25) is 0 Å². The van der Waals surface area contributed by atoms with E-state index in [9.17, 15) is 19.1 Å². The van der Waals surface area contributed by atoms with Crippen molar-refractivity contribution in [3.63, 3.8) is 0 Å². The molecule has 0 bridgehead atoms. The molecular formula is C20H22ClFN4O3. The van der Waals surface area contributed by atoms with Gasteiger partial charge >= 0.3 is 6.03 Å². The number of carbonyl (C=O) groups excluding carboxylic acids is 2. The van der Waals surface area contributed by atoms with Crippen LogP contribution in [0.3, 0.4) is 0 Å². The van der Waals surface area contributed by atoms with E-state index in [1.54, 1.807) is 17.0 Å². The Morgan fingerprint density at radius 2 is 1.79 bits per heavy atom. The Hall–Kier alpha value is -2.68. The molecule has 1 saturated heterocycles. The molecule has 0 spiro atoms. The van der Waals surface area contributed by atoms with Gasteiger partial charge in [0.1, 0.15) is 5.82 Å². The molecular weight excluding hydrogens is 399 g/mol. The average Bonchev–Trinajstić information content (AvgIpc) is 2.71. The van der Waals surface area contributed by atoms with Crippen molar-refractivity contribution in [1.29, 1.82) is 0 Å².